The molecule has 0 amide bonds. The zero-order chi connectivity index (χ0) is 10.6. The highest BCUT2D eigenvalue weighted by molar-refractivity contribution is 5.81. The number of hydrogen-bond acceptors (Lipinski definition) is 3. The lowest BCUT2D eigenvalue weighted by Crippen LogP contribution is -2.46. The van der Waals surface area contributed by atoms with Crippen molar-refractivity contribution in [3.05, 3.63) is 12.7 Å². The van der Waals surface area contributed by atoms with Gasteiger partial charge in [0.1, 0.15) is 6.10 Å². The minimum Gasteiger partial charge on any atom is -0.456 e. The largest absolute Gasteiger partial charge is 0.456 e. The lowest BCUT2D eigenvalue weighted by molar-refractivity contribution is -0.190. The molecule has 3 unspecified atom stereocenters. The van der Waals surface area contributed by atoms with Gasteiger partial charge in [-0.2, -0.15) is 0 Å². The van der Waals surface area contributed by atoms with Crippen LogP contribution in [0.2, 0.25) is 0 Å². The van der Waals surface area contributed by atoms with Gasteiger partial charge in [0, 0.05) is 12.5 Å². The van der Waals surface area contributed by atoms with Crippen molar-refractivity contribution in [1.82, 2.24) is 0 Å². The molecule has 3 atom stereocenters. The predicted octanol–water partition coefficient (Wildman–Crippen LogP) is 2.06. The summed E-state index contributed by atoms with van der Waals surface area (Å²) in [5.41, 5.74) is 0. The second-order valence-corrected chi connectivity index (χ2v) is 3.53. The molecular weight excluding hydrogens is 180 g/mol. The van der Waals surface area contributed by atoms with Gasteiger partial charge < -0.3 is 9.47 Å². The number of ether oxygens (including phenoxy) is 2. The van der Waals surface area contributed by atoms with Crippen LogP contribution >= 0.6 is 0 Å². The van der Waals surface area contributed by atoms with Crippen molar-refractivity contribution >= 4 is 5.97 Å². The van der Waals surface area contributed by atoms with Gasteiger partial charge in [-0.25, -0.2) is 4.79 Å². The Labute approximate surface area is 85.1 Å². The van der Waals surface area contributed by atoms with Crippen LogP contribution in [0.25, 0.3) is 0 Å². The van der Waals surface area contributed by atoms with E-state index in [0.717, 1.165) is 19.3 Å². The maximum Gasteiger partial charge on any atom is 0.330 e. The topological polar surface area (TPSA) is 35.5 Å². The van der Waals surface area contributed by atoms with E-state index in [-0.39, 0.29) is 18.2 Å². The van der Waals surface area contributed by atoms with Crippen LogP contribution < -0.4 is 0 Å². The van der Waals surface area contributed by atoms with Gasteiger partial charge in [-0.05, 0) is 12.8 Å². The Bertz CT molecular complexity index is 207. The first-order valence-electron chi connectivity index (χ1n) is 5.19. The molecule has 1 aliphatic rings. The summed E-state index contributed by atoms with van der Waals surface area (Å²) in [7, 11) is 0. The lowest BCUT2D eigenvalue weighted by atomic mass is 9.97. The second kappa shape index (κ2) is 5.15. The Morgan fingerprint density at radius 2 is 2.36 bits per heavy atom. The molecule has 1 aliphatic heterocycles. The van der Waals surface area contributed by atoms with Gasteiger partial charge in [0.2, 0.25) is 0 Å². The van der Waals surface area contributed by atoms with Crippen LogP contribution in [-0.2, 0) is 14.3 Å². The number of hydrogen-bond donors (Lipinski definition) is 0. The number of carbonyl (C=O) groups is 1. The van der Waals surface area contributed by atoms with E-state index in [1.54, 1.807) is 0 Å². The van der Waals surface area contributed by atoms with Crippen LogP contribution in [-0.4, -0.2) is 24.3 Å². The third-order valence-electron chi connectivity index (χ3n) is 2.57. The zero-order valence-electron chi connectivity index (χ0n) is 8.86. The maximum atomic E-state index is 11.0. The van der Waals surface area contributed by atoms with E-state index in [1.807, 2.05) is 6.92 Å². The van der Waals surface area contributed by atoms with Crippen LogP contribution in [0.1, 0.15) is 33.1 Å². The summed E-state index contributed by atoms with van der Waals surface area (Å²) in [6.45, 7) is 7.45. The molecule has 3 heteroatoms. The molecule has 1 fully saturated rings. The summed E-state index contributed by atoms with van der Waals surface area (Å²) < 4.78 is 10.7. The van der Waals surface area contributed by atoms with Crippen LogP contribution in [0.5, 0.6) is 0 Å². The highest BCUT2D eigenvalue weighted by Gasteiger charge is 2.35. The molecule has 0 aromatic heterocycles. The van der Waals surface area contributed by atoms with Crippen LogP contribution in [0.4, 0.5) is 0 Å². The summed E-state index contributed by atoms with van der Waals surface area (Å²) in [6, 6.07) is 0. The molecule has 0 radical (unpaired) electrons. The molecule has 1 rings (SSSR count). The van der Waals surface area contributed by atoms with Crippen LogP contribution in [0.15, 0.2) is 12.7 Å². The molecule has 1 saturated heterocycles. The SMILES string of the molecule is C=CC(=O)OC(CC)C1CC(CC)O1. The summed E-state index contributed by atoms with van der Waals surface area (Å²) in [6.07, 6.45) is 4.36. The minimum absolute atomic E-state index is 0.0915. The normalized spacial score (nSPS) is 27.6. The fourth-order valence-corrected chi connectivity index (χ4v) is 1.62. The Balaban J connectivity index is 2.33. The van der Waals surface area contributed by atoms with E-state index in [0.29, 0.717) is 6.10 Å². The average Bonchev–Trinajstić information content (AvgIpc) is 2.14. The van der Waals surface area contributed by atoms with Crippen molar-refractivity contribution in [3.8, 4) is 0 Å². The molecule has 0 N–H and O–H groups in total. The highest BCUT2D eigenvalue weighted by atomic mass is 16.6. The number of carbonyl (C=O) groups excluding carboxylic acids is 1. The molecule has 0 spiro atoms. The van der Waals surface area contributed by atoms with Gasteiger partial charge in [-0.15, -0.1) is 0 Å². The first-order chi connectivity index (χ1) is 6.71. The molecule has 0 aromatic rings. The Morgan fingerprint density at radius 3 is 2.79 bits per heavy atom. The summed E-state index contributed by atoms with van der Waals surface area (Å²) >= 11 is 0. The minimum atomic E-state index is -0.361. The fourth-order valence-electron chi connectivity index (χ4n) is 1.62. The van der Waals surface area contributed by atoms with Crippen LogP contribution in [0, 0.1) is 0 Å². The highest BCUT2D eigenvalue weighted by Crippen LogP contribution is 2.28. The first kappa shape index (κ1) is 11.2. The van der Waals surface area contributed by atoms with Gasteiger partial charge in [0.15, 0.2) is 0 Å². The van der Waals surface area contributed by atoms with Crippen molar-refractivity contribution < 1.29 is 14.3 Å². The molecule has 0 aromatic carbocycles. The third-order valence-corrected chi connectivity index (χ3v) is 2.57. The van der Waals surface area contributed by atoms with Crippen molar-refractivity contribution in [3.63, 3.8) is 0 Å². The van der Waals surface area contributed by atoms with Crippen molar-refractivity contribution in [2.75, 3.05) is 0 Å². The van der Waals surface area contributed by atoms with E-state index in [2.05, 4.69) is 13.5 Å². The Kier molecular flexibility index (Phi) is 4.14. The van der Waals surface area contributed by atoms with Gasteiger partial charge in [0.05, 0.1) is 12.2 Å². The molecular formula is C11H18O3. The molecule has 0 aliphatic carbocycles. The van der Waals surface area contributed by atoms with Gasteiger partial charge >= 0.3 is 5.97 Å². The Morgan fingerprint density at radius 1 is 1.71 bits per heavy atom. The summed E-state index contributed by atoms with van der Waals surface area (Å²) in [5.74, 6) is -0.361. The second-order valence-electron chi connectivity index (χ2n) is 3.53. The van der Waals surface area contributed by atoms with Gasteiger partial charge in [-0.1, -0.05) is 20.4 Å². The fraction of sp³-hybridized carbons (Fsp3) is 0.727. The molecule has 0 bridgehead atoms. The van der Waals surface area contributed by atoms with Crippen LogP contribution in [0.3, 0.4) is 0 Å². The average molecular weight is 198 g/mol. The van der Waals surface area contributed by atoms with E-state index in [4.69, 9.17) is 9.47 Å². The van der Waals surface area contributed by atoms with Gasteiger partial charge in [0.25, 0.3) is 0 Å². The quantitative estimate of drug-likeness (QED) is 0.501. The molecule has 80 valence electrons. The standard InChI is InChI=1S/C11H18O3/c1-4-8-7-10(13-8)9(5-2)14-11(12)6-3/h6,8-10H,3-5,7H2,1-2H3. The van der Waals surface area contributed by atoms with Gasteiger partial charge in [-0.3, -0.25) is 0 Å². The summed E-state index contributed by atoms with van der Waals surface area (Å²) in [4.78, 5) is 11.0. The summed E-state index contributed by atoms with van der Waals surface area (Å²) in [5, 5.41) is 0. The van der Waals surface area contributed by atoms with E-state index < -0.39 is 0 Å². The molecule has 1 heterocycles. The van der Waals surface area contributed by atoms with E-state index >= 15 is 0 Å². The third kappa shape index (κ3) is 2.58. The number of esters is 1. The monoisotopic (exact) mass is 198 g/mol. The smallest absolute Gasteiger partial charge is 0.330 e. The van der Waals surface area contributed by atoms with Crippen molar-refractivity contribution in [2.45, 2.75) is 51.4 Å². The molecule has 3 nitrogen and oxygen atoms in total. The first-order valence-corrected chi connectivity index (χ1v) is 5.19. The lowest BCUT2D eigenvalue weighted by Gasteiger charge is -2.39. The van der Waals surface area contributed by atoms with E-state index in [9.17, 15) is 4.79 Å². The maximum absolute atomic E-state index is 11.0. The Hall–Kier alpha value is -0.830. The van der Waals surface area contributed by atoms with Crippen molar-refractivity contribution in [1.29, 1.82) is 0 Å². The molecule has 0 saturated carbocycles. The number of rotatable bonds is 5. The van der Waals surface area contributed by atoms with Crippen molar-refractivity contribution in [2.24, 2.45) is 0 Å². The zero-order valence-corrected chi connectivity index (χ0v) is 8.86. The molecule has 14 heavy (non-hydrogen) atoms. The predicted molar refractivity (Wildman–Crippen MR) is 53.9 cm³/mol. The van der Waals surface area contributed by atoms with E-state index in [1.165, 1.54) is 6.08 Å².